The lowest BCUT2D eigenvalue weighted by atomic mass is 10.2. The molecule has 8 heteroatoms. The molecule has 0 aliphatic carbocycles. The number of carbonyl (C=O) groups is 1. The number of rotatable bonds is 5. The topological polar surface area (TPSA) is 86.2 Å². The summed E-state index contributed by atoms with van der Waals surface area (Å²) in [5.74, 6) is 0.299. The maximum Gasteiger partial charge on any atom is 0.294 e. The first kappa shape index (κ1) is 16.0. The SMILES string of the molecule is CCc1cc(Cl)cnc1NC(=O)c1nc(OC)cc(OC)n1. The van der Waals surface area contributed by atoms with Gasteiger partial charge in [-0.15, -0.1) is 0 Å². The first-order chi connectivity index (χ1) is 10.6. The minimum Gasteiger partial charge on any atom is -0.481 e. The van der Waals surface area contributed by atoms with E-state index in [1.54, 1.807) is 6.07 Å². The Kier molecular flexibility index (Phi) is 5.11. The predicted molar refractivity (Wildman–Crippen MR) is 81.7 cm³/mol. The summed E-state index contributed by atoms with van der Waals surface area (Å²) in [7, 11) is 2.89. The van der Waals surface area contributed by atoms with Crippen LogP contribution in [0.1, 0.15) is 23.1 Å². The second-order valence-electron chi connectivity index (χ2n) is 4.25. The summed E-state index contributed by atoms with van der Waals surface area (Å²) < 4.78 is 10.0. The fraction of sp³-hybridized carbons (Fsp3) is 0.286. The van der Waals surface area contributed by atoms with Gasteiger partial charge in [0.25, 0.3) is 5.91 Å². The summed E-state index contributed by atoms with van der Waals surface area (Å²) in [6.07, 6.45) is 2.13. The van der Waals surface area contributed by atoms with E-state index in [0.29, 0.717) is 17.3 Å². The fourth-order valence-corrected chi connectivity index (χ4v) is 1.92. The molecule has 0 saturated carbocycles. The molecular weight excluding hydrogens is 308 g/mol. The van der Waals surface area contributed by atoms with Crippen molar-refractivity contribution in [3.05, 3.63) is 34.7 Å². The number of methoxy groups -OCH3 is 2. The van der Waals surface area contributed by atoms with Gasteiger partial charge in [0.2, 0.25) is 17.6 Å². The Labute approximate surface area is 132 Å². The Morgan fingerprint density at radius 3 is 2.41 bits per heavy atom. The van der Waals surface area contributed by atoms with E-state index in [-0.39, 0.29) is 17.6 Å². The van der Waals surface area contributed by atoms with E-state index in [4.69, 9.17) is 21.1 Å². The smallest absolute Gasteiger partial charge is 0.294 e. The lowest BCUT2D eigenvalue weighted by molar-refractivity contribution is 0.101. The van der Waals surface area contributed by atoms with Crippen molar-refractivity contribution in [2.24, 2.45) is 0 Å². The van der Waals surface area contributed by atoms with Crippen LogP contribution in [0, 0.1) is 0 Å². The van der Waals surface area contributed by atoms with E-state index in [9.17, 15) is 4.79 Å². The van der Waals surface area contributed by atoms with Crippen molar-refractivity contribution >= 4 is 23.3 Å². The maximum absolute atomic E-state index is 12.3. The van der Waals surface area contributed by atoms with Gasteiger partial charge in [0, 0.05) is 6.20 Å². The highest BCUT2D eigenvalue weighted by Gasteiger charge is 2.16. The highest BCUT2D eigenvalue weighted by Crippen LogP contribution is 2.19. The molecule has 2 rings (SSSR count). The molecule has 0 bridgehead atoms. The van der Waals surface area contributed by atoms with Crippen molar-refractivity contribution < 1.29 is 14.3 Å². The molecule has 7 nitrogen and oxygen atoms in total. The number of halogens is 1. The molecule has 1 N–H and O–H groups in total. The molecule has 0 unspecified atom stereocenters. The number of amides is 1. The van der Waals surface area contributed by atoms with Crippen molar-refractivity contribution in [2.45, 2.75) is 13.3 Å². The van der Waals surface area contributed by atoms with Gasteiger partial charge in [0.15, 0.2) is 0 Å². The van der Waals surface area contributed by atoms with Crippen LogP contribution in [0.3, 0.4) is 0 Å². The third-order valence-electron chi connectivity index (χ3n) is 2.85. The van der Waals surface area contributed by atoms with Crippen molar-refractivity contribution in [1.82, 2.24) is 15.0 Å². The van der Waals surface area contributed by atoms with Crippen LogP contribution in [0.25, 0.3) is 0 Å². The molecule has 0 aliphatic rings. The molecule has 1 amide bonds. The molecule has 0 aliphatic heterocycles. The summed E-state index contributed by atoms with van der Waals surface area (Å²) in [5.41, 5.74) is 0.815. The molecule has 0 radical (unpaired) electrons. The molecule has 0 spiro atoms. The van der Waals surface area contributed by atoms with Crippen LogP contribution in [0.4, 0.5) is 5.82 Å². The Hall–Kier alpha value is -2.41. The number of hydrogen-bond acceptors (Lipinski definition) is 6. The highest BCUT2D eigenvalue weighted by molar-refractivity contribution is 6.30. The molecule has 0 atom stereocenters. The van der Waals surface area contributed by atoms with Gasteiger partial charge in [-0.1, -0.05) is 18.5 Å². The zero-order valence-corrected chi connectivity index (χ0v) is 13.1. The average Bonchev–Trinajstić information content (AvgIpc) is 2.55. The zero-order chi connectivity index (χ0) is 16.1. The van der Waals surface area contributed by atoms with Crippen molar-refractivity contribution in [3.8, 4) is 11.8 Å². The summed E-state index contributed by atoms with van der Waals surface area (Å²) in [5, 5.41) is 3.17. The Bertz CT molecular complexity index is 672. The highest BCUT2D eigenvalue weighted by atomic mass is 35.5. The number of nitrogens with one attached hydrogen (secondary N) is 1. The third-order valence-corrected chi connectivity index (χ3v) is 3.05. The lowest BCUT2D eigenvalue weighted by Gasteiger charge is -2.09. The number of pyridine rings is 1. The van der Waals surface area contributed by atoms with Crippen LogP contribution in [0.2, 0.25) is 5.02 Å². The number of hydrogen-bond donors (Lipinski definition) is 1. The Balaban J connectivity index is 2.29. The molecular formula is C14H15ClN4O3. The molecule has 2 heterocycles. The van der Waals surface area contributed by atoms with Gasteiger partial charge in [-0.2, -0.15) is 9.97 Å². The van der Waals surface area contributed by atoms with Gasteiger partial charge in [0.1, 0.15) is 5.82 Å². The second-order valence-corrected chi connectivity index (χ2v) is 4.68. The van der Waals surface area contributed by atoms with Crippen LogP contribution in [-0.2, 0) is 6.42 Å². The molecule has 22 heavy (non-hydrogen) atoms. The molecule has 2 aromatic rings. The Morgan fingerprint density at radius 1 is 1.23 bits per heavy atom. The minimum atomic E-state index is -0.512. The quantitative estimate of drug-likeness (QED) is 0.909. The molecule has 0 aromatic carbocycles. The number of aryl methyl sites for hydroxylation is 1. The van der Waals surface area contributed by atoms with Crippen LogP contribution >= 0.6 is 11.6 Å². The molecule has 0 saturated heterocycles. The van der Waals surface area contributed by atoms with Crippen LogP contribution in [0.5, 0.6) is 11.8 Å². The molecule has 116 valence electrons. The Morgan fingerprint density at radius 2 is 1.86 bits per heavy atom. The van der Waals surface area contributed by atoms with Gasteiger partial charge in [-0.3, -0.25) is 4.79 Å². The third kappa shape index (κ3) is 3.62. The van der Waals surface area contributed by atoms with Crippen molar-refractivity contribution in [3.63, 3.8) is 0 Å². The van der Waals surface area contributed by atoms with E-state index < -0.39 is 5.91 Å². The van der Waals surface area contributed by atoms with Gasteiger partial charge in [-0.05, 0) is 18.1 Å². The summed E-state index contributed by atoms with van der Waals surface area (Å²) in [6.45, 7) is 1.94. The maximum atomic E-state index is 12.3. The van der Waals surface area contributed by atoms with E-state index >= 15 is 0 Å². The van der Waals surface area contributed by atoms with Crippen LogP contribution < -0.4 is 14.8 Å². The van der Waals surface area contributed by atoms with Gasteiger partial charge in [-0.25, -0.2) is 4.98 Å². The monoisotopic (exact) mass is 322 g/mol. The normalized spacial score (nSPS) is 10.2. The first-order valence-corrected chi connectivity index (χ1v) is 6.88. The molecule has 0 fully saturated rings. The van der Waals surface area contributed by atoms with Crippen molar-refractivity contribution in [2.75, 3.05) is 19.5 Å². The average molecular weight is 323 g/mol. The zero-order valence-electron chi connectivity index (χ0n) is 12.4. The lowest BCUT2D eigenvalue weighted by Crippen LogP contribution is -2.18. The van der Waals surface area contributed by atoms with Gasteiger partial charge >= 0.3 is 0 Å². The standard InChI is InChI=1S/C14H15ClN4O3/c1-4-8-5-9(15)7-16-12(8)19-14(20)13-17-10(21-2)6-11(18-13)22-3/h5-7H,4H2,1-3H3,(H,16,19,20). The van der Waals surface area contributed by atoms with Gasteiger partial charge in [0.05, 0.1) is 25.3 Å². The first-order valence-electron chi connectivity index (χ1n) is 6.50. The summed E-state index contributed by atoms with van der Waals surface area (Å²) in [6, 6.07) is 3.23. The number of aromatic nitrogens is 3. The number of carbonyl (C=O) groups excluding carboxylic acids is 1. The number of ether oxygens (including phenoxy) is 2. The van der Waals surface area contributed by atoms with Crippen LogP contribution in [0.15, 0.2) is 18.3 Å². The number of nitrogens with zero attached hydrogens (tertiary/aromatic N) is 3. The summed E-state index contributed by atoms with van der Waals surface area (Å²) in [4.78, 5) is 24.4. The van der Waals surface area contributed by atoms with E-state index in [1.165, 1.54) is 26.5 Å². The fourth-order valence-electron chi connectivity index (χ4n) is 1.74. The van der Waals surface area contributed by atoms with E-state index in [1.807, 2.05) is 6.92 Å². The minimum absolute atomic E-state index is 0.0741. The van der Waals surface area contributed by atoms with Crippen molar-refractivity contribution in [1.29, 1.82) is 0 Å². The summed E-state index contributed by atoms with van der Waals surface area (Å²) >= 11 is 5.90. The molecule has 2 aromatic heterocycles. The number of anilines is 1. The predicted octanol–water partition coefficient (Wildman–Crippen LogP) is 2.36. The van der Waals surface area contributed by atoms with E-state index in [0.717, 1.165) is 5.56 Å². The van der Waals surface area contributed by atoms with Gasteiger partial charge < -0.3 is 14.8 Å². The van der Waals surface area contributed by atoms with Crippen LogP contribution in [-0.4, -0.2) is 35.1 Å². The van der Waals surface area contributed by atoms with E-state index in [2.05, 4.69) is 20.3 Å². The second kappa shape index (κ2) is 7.04. The largest absolute Gasteiger partial charge is 0.481 e.